The van der Waals surface area contributed by atoms with Crippen molar-refractivity contribution < 1.29 is 4.79 Å². The number of Topliss-reactive ketones (excluding diaryl/α,β-unsaturated/α-hetero) is 1. The molecule has 2 atom stereocenters. The van der Waals surface area contributed by atoms with Gasteiger partial charge in [0.25, 0.3) is 0 Å². The van der Waals surface area contributed by atoms with Gasteiger partial charge in [-0.2, -0.15) is 0 Å². The molecule has 18 heavy (non-hydrogen) atoms. The summed E-state index contributed by atoms with van der Waals surface area (Å²) in [4.78, 5) is 12.6. The highest BCUT2D eigenvalue weighted by atomic mass is 79.9. The minimum atomic E-state index is 0.192. The Bertz CT molecular complexity index is 424. The van der Waals surface area contributed by atoms with Crippen LogP contribution in [0.3, 0.4) is 0 Å². The predicted octanol–water partition coefficient (Wildman–Crippen LogP) is 4.43. The average Bonchev–Trinajstić information content (AvgIpc) is 2.36. The second-order valence-corrected chi connectivity index (χ2v) is 6.11. The Morgan fingerprint density at radius 1 is 1.33 bits per heavy atom. The number of ketones is 1. The Morgan fingerprint density at radius 2 is 2.06 bits per heavy atom. The van der Waals surface area contributed by atoms with Crippen molar-refractivity contribution in [3.63, 3.8) is 0 Å². The molecule has 1 aliphatic carbocycles. The van der Waals surface area contributed by atoms with Gasteiger partial charge in [-0.25, -0.2) is 0 Å². The summed E-state index contributed by atoms with van der Waals surface area (Å²) < 4.78 is 0.884. The standard InChI is InChI=1S/C15H20BrNO/c1-2-10-5-3-4-6-14(10)15(18)11-7-12(16)9-13(17)8-11/h7-10,14H,2-6,17H2,1H3. The average molecular weight is 310 g/mol. The largest absolute Gasteiger partial charge is 0.399 e. The lowest BCUT2D eigenvalue weighted by Crippen LogP contribution is -2.27. The highest BCUT2D eigenvalue weighted by molar-refractivity contribution is 9.10. The quantitative estimate of drug-likeness (QED) is 0.663. The summed E-state index contributed by atoms with van der Waals surface area (Å²) in [6, 6.07) is 5.52. The molecule has 1 aliphatic rings. The van der Waals surface area contributed by atoms with Crippen LogP contribution in [0.15, 0.2) is 22.7 Å². The lowest BCUT2D eigenvalue weighted by Gasteiger charge is -2.29. The predicted molar refractivity (Wildman–Crippen MR) is 78.6 cm³/mol. The van der Waals surface area contributed by atoms with E-state index < -0.39 is 0 Å². The van der Waals surface area contributed by atoms with Gasteiger partial charge in [0.15, 0.2) is 5.78 Å². The van der Waals surface area contributed by atoms with Crippen molar-refractivity contribution in [3.8, 4) is 0 Å². The molecule has 0 radical (unpaired) electrons. The number of benzene rings is 1. The van der Waals surface area contributed by atoms with E-state index in [2.05, 4.69) is 22.9 Å². The van der Waals surface area contributed by atoms with Crippen molar-refractivity contribution in [3.05, 3.63) is 28.2 Å². The van der Waals surface area contributed by atoms with Crippen LogP contribution in [0.25, 0.3) is 0 Å². The van der Waals surface area contributed by atoms with E-state index in [1.165, 1.54) is 19.3 Å². The highest BCUT2D eigenvalue weighted by Crippen LogP contribution is 2.35. The molecule has 0 bridgehead atoms. The molecular formula is C15H20BrNO. The van der Waals surface area contributed by atoms with Gasteiger partial charge in [0.05, 0.1) is 0 Å². The molecule has 1 fully saturated rings. The molecule has 1 aromatic carbocycles. The number of rotatable bonds is 3. The number of halogens is 1. The van der Waals surface area contributed by atoms with Crippen molar-refractivity contribution in [2.24, 2.45) is 11.8 Å². The van der Waals surface area contributed by atoms with E-state index in [1.807, 2.05) is 12.1 Å². The molecule has 2 nitrogen and oxygen atoms in total. The zero-order valence-corrected chi connectivity index (χ0v) is 12.4. The monoisotopic (exact) mass is 309 g/mol. The topological polar surface area (TPSA) is 43.1 Å². The zero-order valence-electron chi connectivity index (χ0n) is 10.8. The Morgan fingerprint density at radius 3 is 2.72 bits per heavy atom. The molecular weight excluding hydrogens is 290 g/mol. The van der Waals surface area contributed by atoms with Crippen molar-refractivity contribution in [2.75, 3.05) is 5.73 Å². The third-order valence-corrected chi connectivity index (χ3v) is 4.43. The maximum absolute atomic E-state index is 12.6. The molecule has 2 N–H and O–H groups in total. The minimum Gasteiger partial charge on any atom is -0.399 e. The lowest BCUT2D eigenvalue weighted by atomic mass is 9.74. The second-order valence-electron chi connectivity index (χ2n) is 5.20. The number of anilines is 1. The van der Waals surface area contributed by atoms with Crippen LogP contribution in [-0.4, -0.2) is 5.78 Å². The third kappa shape index (κ3) is 2.94. The summed E-state index contributed by atoms with van der Waals surface area (Å²) in [5.41, 5.74) is 7.22. The number of carbonyl (C=O) groups excluding carboxylic acids is 1. The van der Waals surface area contributed by atoms with Crippen LogP contribution in [0.5, 0.6) is 0 Å². The smallest absolute Gasteiger partial charge is 0.166 e. The molecule has 1 saturated carbocycles. The molecule has 98 valence electrons. The lowest BCUT2D eigenvalue weighted by molar-refractivity contribution is 0.0820. The van der Waals surface area contributed by atoms with Crippen molar-refractivity contribution in [2.45, 2.75) is 39.0 Å². The van der Waals surface area contributed by atoms with Crippen LogP contribution in [0.2, 0.25) is 0 Å². The summed E-state index contributed by atoms with van der Waals surface area (Å²) in [5.74, 6) is 1.01. The van der Waals surface area contributed by atoms with Gasteiger partial charge in [0.2, 0.25) is 0 Å². The van der Waals surface area contributed by atoms with Crippen molar-refractivity contribution in [1.82, 2.24) is 0 Å². The number of hydrogen-bond acceptors (Lipinski definition) is 2. The van der Waals surface area contributed by atoms with E-state index in [0.717, 1.165) is 22.9 Å². The number of carbonyl (C=O) groups is 1. The third-order valence-electron chi connectivity index (χ3n) is 3.97. The molecule has 3 heteroatoms. The van der Waals surface area contributed by atoms with Gasteiger partial charge in [-0.15, -0.1) is 0 Å². The maximum Gasteiger partial charge on any atom is 0.166 e. The normalized spacial score (nSPS) is 23.9. The number of hydrogen-bond donors (Lipinski definition) is 1. The van der Waals surface area contributed by atoms with E-state index in [9.17, 15) is 4.79 Å². The van der Waals surface area contributed by atoms with Crippen molar-refractivity contribution >= 4 is 27.4 Å². The molecule has 2 rings (SSSR count). The fraction of sp³-hybridized carbons (Fsp3) is 0.533. The van der Waals surface area contributed by atoms with E-state index in [0.29, 0.717) is 11.6 Å². The molecule has 0 spiro atoms. The summed E-state index contributed by atoms with van der Waals surface area (Å²) in [5, 5.41) is 0. The molecule has 1 aromatic rings. The van der Waals surface area contributed by atoms with E-state index in [-0.39, 0.29) is 11.7 Å². The molecule has 0 amide bonds. The number of nitrogens with two attached hydrogens (primary N) is 1. The van der Waals surface area contributed by atoms with Gasteiger partial charge in [0.1, 0.15) is 0 Å². The van der Waals surface area contributed by atoms with E-state index in [4.69, 9.17) is 5.73 Å². The van der Waals surface area contributed by atoms with Crippen LogP contribution in [-0.2, 0) is 0 Å². The first-order valence-corrected chi connectivity index (χ1v) is 7.51. The Hall–Kier alpha value is -0.830. The van der Waals surface area contributed by atoms with Crippen LogP contribution < -0.4 is 5.73 Å². The Balaban J connectivity index is 2.23. The van der Waals surface area contributed by atoms with Gasteiger partial charge in [-0.3, -0.25) is 4.79 Å². The summed E-state index contributed by atoms with van der Waals surface area (Å²) in [6.07, 6.45) is 5.76. The summed E-state index contributed by atoms with van der Waals surface area (Å²) in [7, 11) is 0. The summed E-state index contributed by atoms with van der Waals surface area (Å²) >= 11 is 3.41. The first kappa shape index (κ1) is 13.6. The minimum absolute atomic E-state index is 0.192. The molecule has 2 unspecified atom stereocenters. The maximum atomic E-state index is 12.6. The van der Waals surface area contributed by atoms with Gasteiger partial charge < -0.3 is 5.73 Å². The van der Waals surface area contributed by atoms with Crippen LogP contribution >= 0.6 is 15.9 Å². The molecule has 0 aliphatic heterocycles. The van der Waals surface area contributed by atoms with Crippen molar-refractivity contribution in [1.29, 1.82) is 0 Å². The Labute approximate surface area is 117 Å². The van der Waals surface area contributed by atoms with E-state index >= 15 is 0 Å². The second kappa shape index (κ2) is 5.87. The van der Waals surface area contributed by atoms with Gasteiger partial charge in [0, 0.05) is 21.6 Å². The fourth-order valence-corrected chi connectivity index (χ4v) is 3.52. The van der Waals surface area contributed by atoms with Gasteiger partial charge >= 0.3 is 0 Å². The SMILES string of the molecule is CCC1CCCCC1C(=O)c1cc(N)cc(Br)c1. The van der Waals surface area contributed by atoms with Crippen LogP contribution in [0, 0.1) is 11.8 Å². The van der Waals surface area contributed by atoms with E-state index in [1.54, 1.807) is 6.07 Å². The number of nitrogen functional groups attached to an aromatic ring is 1. The molecule has 0 saturated heterocycles. The molecule has 0 heterocycles. The first-order valence-electron chi connectivity index (χ1n) is 6.72. The molecule has 0 aromatic heterocycles. The van der Waals surface area contributed by atoms with Crippen LogP contribution in [0.1, 0.15) is 49.4 Å². The van der Waals surface area contributed by atoms with Gasteiger partial charge in [-0.1, -0.05) is 42.1 Å². The fourth-order valence-electron chi connectivity index (χ4n) is 3.01. The van der Waals surface area contributed by atoms with Gasteiger partial charge in [-0.05, 0) is 37.0 Å². The van der Waals surface area contributed by atoms with Crippen LogP contribution in [0.4, 0.5) is 5.69 Å². The summed E-state index contributed by atoms with van der Waals surface area (Å²) in [6.45, 7) is 2.19. The zero-order chi connectivity index (χ0) is 13.1. The highest BCUT2D eigenvalue weighted by Gasteiger charge is 2.30. The Kier molecular flexibility index (Phi) is 4.44. The first-order chi connectivity index (χ1) is 8.61.